The molecule has 3 unspecified atom stereocenters. The van der Waals surface area contributed by atoms with Crippen molar-refractivity contribution in [1.82, 2.24) is 0 Å². The van der Waals surface area contributed by atoms with E-state index in [1.165, 1.54) is 7.11 Å². The molecule has 0 amide bonds. The zero-order valence-corrected chi connectivity index (χ0v) is 7.36. The van der Waals surface area contributed by atoms with Gasteiger partial charge in [-0.05, 0) is 12.3 Å². The molecule has 0 heterocycles. The largest absolute Gasteiger partial charge is 0.469 e. The van der Waals surface area contributed by atoms with Crippen LogP contribution in [0.3, 0.4) is 0 Å². The van der Waals surface area contributed by atoms with Crippen molar-refractivity contribution in [3.8, 4) is 0 Å². The summed E-state index contributed by atoms with van der Waals surface area (Å²) >= 11 is 0. The monoisotopic (exact) mass is 170 g/mol. The molecule has 0 saturated heterocycles. The molecule has 1 aliphatic rings. The van der Waals surface area contributed by atoms with Crippen molar-refractivity contribution in [2.45, 2.75) is 19.4 Å². The average Bonchev–Trinajstić information content (AvgIpc) is 2.03. The Hall–Kier alpha value is -0.830. The third-order valence-electron chi connectivity index (χ3n) is 2.30. The first-order valence-electron chi connectivity index (χ1n) is 4.09. The first-order valence-corrected chi connectivity index (χ1v) is 4.09. The fourth-order valence-electron chi connectivity index (χ4n) is 1.54. The van der Waals surface area contributed by atoms with Gasteiger partial charge in [-0.15, -0.1) is 0 Å². The Labute approximate surface area is 72.0 Å². The third kappa shape index (κ3) is 1.67. The van der Waals surface area contributed by atoms with Gasteiger partial charge in [-0.25, -0.2) is 0 Å². The van der Waals surface area contributed by atoms with Gasteiger partial charge in [-0.1, -0.05) is 19.1 Å². The minimum Gasteiger partial charge on any atom is -0.469 e. The molecule has 0 aliphatic heterocycles. The van der Waals surface area contributed by atoms with E-state index < -0.39 is 6.10 Å². The maximum atomic E-state index is 11.2. The molecule has 68 valence electrons. The Morgan fingerprint density at radius 2 is 2.33 bits per heavy atom. The van der Waals surface area contributed by atoms with E-state index in [1.807, 2.05) is 13.0 Å². The normalized spacial score (nSPS) is 34.8. The van der Waals surface area contributed by atoms with E-state index in [0.29, 0.717) is 0 Å². The van der Waals surface area contributed by atoms with Crippen molar-refractivity contribution in [2.24, 2.45) is 11.8 Å². The molecule has 3 nitrogen and oxygen atoms in total. The van der Waals surface area contributed by atoms with Gasteiger partial charge < -0.3 is 9.84 Å². The van der Waals surface area contributed by atoms with Crippen molar-refractivity contribution < 1.29 is 14.6 Å². The summed E-state index contributed by atoms with van der Waals surface area (Å²) < 4.78 is 4.60. The number of hydrogen-bond donors (Lipinski definition) is 1. The number of allylic oxidation sites excluding steroid dienone is 1. The maximum absolute atomic E-state index is 11.2. The van der Waals surface area contributed by atoms with E-state index in [4.69, 9.17) is 0 Å². The molecule has 1 N–H and O–H groups in total. The van der Waals surface area contributed by atoms with Crippen LogP contribution in [0.2, 0.25) is 0 Å². The Bertz CT molecular complexity index is 198. The highest BCUT2D eigenvalue weighted by molar-refractivity contribution is 5.73. The highest BCUT2D eigenvalue weighted by Gasteiger charge is 2.33. The number of aliphatic hydroxyl groups excluding tert-OH is 1. The van der Waals surface area contributed by atoms with E-state index in [9.17, 15) is 9.90 Å². The zero-order valence-electron chi connectivity index (χ0n) is 7.36. The van der Waals surface area contributed by atoms with Gasteiger partial charge in [0.25, 0.3) is 0 Å². The lowest BCUT2D eigenvalue weighted by atomic mass is 9.82. The van der Waals surface area contributed by atoms with Gasteiger partial charge in [0.2, 0.25) is 0 Å². The van der Waals surface area contributed by atoms with Crippen LogP contribution in [-0.4, -0.2) is 24.3 Å². The summed E-state index contributed by atoms with van der Waals surface area (Å²) in [5, 5.41) is 9.45. The SMILES string of the molecule is COC(=O)C1C(O)C=CCC1C. The standard InChI is InChI=1S/C9H14O3/c1-6-4-3-5-7(10)8(6)9(11)12-2/h3,5-8,10H,4H2,1-2H3. The molecule has 0 aromatic carbocycles. The fourth-order valence-corrected chi connectivity index (χ4v) is 1.54. The summed E-state index contributed by atoms with van der Waals surface area (Å²) in [6, 6.07) is 0. The first-order chi connectivity index (χ1) is 5.66. The summed E-state index contributed by atoms with van der Waals surface area (Å²) in [6.45, 7) is 1.94. The maximum Gasteiger partial charge on any atom is 0.311 e. The molecule has 12 heavy (non-hydrogen) atoms. The molecular formula is C9H14O3. The lowest BCUT2D eigenvalue weighted by Gasteiger charge is -2.26. The topological polar surface area (TPSA) is 46.5 Å². The van der Waals surface area contributed by atoms with Crippen molar-refractivity contribution >= 4 is 5.97 Å². The molecular weight excluding hydrogens is 156 g/mol. The number of ether oxygens (including phenoxy) is 1. The second-order valence-corrected chi connectivity index (χ2v) is 3.18. The predicted octanol–water partition coefficient (Wildman–Crippen LogP) is 0.732. The highest BCUT2D eigenvalue weighted by atomic mass is 16.5. The van der Waals surface area contributed by atoms with E-state index in [2.05, 4.69) is 4.74 Å². The predicted molar refractivity (Wildman–Crippen MR) is 44.4 cm³/mol. The molecule has 0 radical (unpaired) electrons. The van der Waals surface area contributed by atoms with E-state index in [0.717, 1.165) is 6.42 Å². The van der Waals surface area contributed by atoms with Gasteiger partial charge in [-0.2, -0.15) is 0 Å². The van der Waals surface area contributed by atoms with Crippen molar-refractivity contribution in [1.29, 1.82) is 0 Å². The molecule has 0 bridgehead atoms. The third-order valence-corrected chi connectivity index (χ3v) is 2.30. The van der Waals surface area contributed by atoms with Crippen molar-refractivity contribution in [2.75, 3.05) is 7.11 Å². The van der Waals surface area contributed by atoms with Crippen molar-refractivity contribution in [3.63, 3.8) is 0 Å². The van der Waals surface area contributed by atoms with E-state index in [1.54, 1.807) is 6.08 Å². The minimum atomic E-state index is -0.679. The second kappa shape index (κ2) is 3.72. The van der Waals surface area contributed by atoms with Crippen LogP contribution >= 0.6 is 0 Å². The Balaban J connectivity index is 2.72. The number of aliphatic hydroxyl groups is 1. The lowest BCUT2D eigenvalue weighted by Crippen LogP contribution is -2.35. The van der Waals surface area contributed by atoms with Crippen LogP contribution in [-0.2, 0) is 9.53 Å². The number of rotatable bonds is 1. The number of hydrogen-bond acceptors (Lipinski definition) is 3. The lowest BCUT2D eigenvalue weighted by molar-refractivity contribution is -0.151. The van der Waals surface area contributed by atoms with Gasteiger partial charge in [-0.3, -0.25) is 4.79 Å². The van der Waals surface area contributed by atoms with E-state index in [-0.39, 0.29) is 17.8 Å². The summed E-state index contributed by atoms with van der Waals surface area (Å²) in [5.74, 6) is -0.545. The van der Waals surface area contributed by atoms with E-state index >= 15 is 0 Å². The Morgan fingerprint density at radius 1 is 1.67 bits per heavy atom. The quantitative estimate of drug-likeness (QED) is 0.466. The van der Waals surface area contributed by atoms with Crippen LogP contribution in [0, 0.1) is 11.8 Å². The van der Waals surface area contributed by atoms with Crippen molar-refractivity contribution in [3.05, 3.63) is 12.2 Å². The molecule has 0 aromatic heterocycles. The number of carbonyl (C=O) groups excluding carboxylic acids is 1. The van der Waals surface area contributed by atoms with Crippen LogP contribution in [0.4, 0.5) is 0 Å². The summed E-state index contributed by atoms with van der Waals surface area (Å²) in [4.78, 5) is 11.2. The van der Waals surface area contributed by atoms with Gasteiger partial charge in [0.05, 0.1) is 19.1 Å². The number of carbonyl (C=O) groups is 1. The number of esters is 1. The van der Waals surface area contributed by atoms with Crippen LogP contribution in [0.15, 0.2) is 12.2 Å². The molecule has 3 heteroatoms. The Kier molecular flexibility index (Phi) is 2.87. The van der Waals surface area contributed by atoms with Gasteiger partial charge in [0.1, 0.15) is 0 Å². The second-order valence-electron chi connectivity index (χ2n) is 3.18. The van der Waals surface area contributed by atoms with Crippen LogP contribution in [0.5, 0.6) is 0 Å². The smallest absolute Gasteiger partial charge is 0.311 e. The van der Waals surface area contributed by atoms with Gasteiger partial charge >= 0.3 is 5.97 Å². The van der Waals surface area contributed by atoms with Gasteiger partial charge in [0.15, 0.2) is 0 Å². The Morgan fingerprint density at radius 3 is 2.83 bits per heavy atom. The average molecular weight is 170 g/mol. The molecule has 0 saturated carbocycles. The zero-order chi connectivity index (χ0) is 9.14. The molecule has 1 rings (SSSR count). The van der Waals surface area contributed by atoms with Crippen LogP contribution in [0.25, 0.3) is 0 Å². The van der Waals surface area contributed by atoms with Gasteiger partial charge in [0, 0.05) is 0 Å². The summed E-state index contributed by atoms with van der Waals surface area (Å²) in [7, 11) is 1.35. The molecule has 0 spiro atoms. The molecule has 1 aliphatic carbocycles. The first kappa shape index (κ1) is 9.26. The molecule has 3 atom stereocenters. The summed E-state index contributed by atoms with van der Waals surface area (Å²) in [5.41, 5.74) is 0. The fraction of sp³-hybridized carbons (Fsp3) is 0.667. The van der Waals surface area contributed by atoms with Crippen LogP contribution in [0.1, 0.15) is 13.3 Å². The minimum absolute atomic E-state index is 0.164. The molecule has 0 fully saturated rings. The van der Waals surface area contributed by atoms with Crippen LogP contribution < -0.4 is 0 Å². The summed E-state index contributed by atoms with van der Waals surface area (Å²) in [6.07, 6.45) is 3.70. The number of methoxy groups -OCH3 is 1. The molecule has 0 aromatic rings. The highest BCUT2D eigenvalue weighted by Crippen LogP contribution is 2.26.